The summed E-state index contributed by atoms with van der Waals surface area (Å²) in [6, 6.07) is 0. The zero-order chi connectivity index (χ0) is 15.1. The molecule has 0 spiro atoms. The van der Waals surface area contributed by atoms with Crippen LogP contribution in [0, 0.1) is 0 Å². The Morgan fingerprint density at radius 3 is 1.33 bits per heavy atom. The van der Waals surface area contributed by atoms with Gasteiger partial charge in [-0.2, -0.15) is 0 Å². The number of hydrogen-bond donors (Lipinski definition) is 0. The molecule has 0 aromatic rings. The van der Waals surface area contributed by atoms with E-state index < -0.39 is 0 Å². The lowest BCUT2D eigenvalue weighted by Gasteiger charge is -2.38. The molecule has 4 nitrogen and oxygen atoms in total. The van der Waals surface area contributed by atoms with Crippen LogP contribution in [-0.2, 0) is 4.79 Å². The van der Waals surface area contributed by atoms with Gasteiger partial charge < -0.3 is 9.80 Å². The van der Waals surface area contributed by atoms with Gasteiger partial charge in [0.2, 0.25) is 6.41 Å². The van der Waals surface area contributed by atoms with E-state index in [1.165, 1.54) is 6.42 Å². The first kappa shape index (κ1) is 19.7. The zero-order valence-electron chi connectivity index (χ0n) is 14.0. The van der Waals surface area contributed by atoms with E-state index in [9.17, 15) is 4.79 Å². The topological polar surface area (TPSA) is 26.8 Å². The SMILES string of the molecule is CCC(C)(C)N(C)C.CN(C)C(C)(C)N(C)C=O. The summed E-state index contributed by atoms with van der Waals surface area (Å²) < 4.78 is 0. The smallest absolute Gasteiger partial charge is 0.210 e. The first-order valence-electron chi connectivity index (χ1n) is 6.46. The number of rotatable bonds is 5. The Kier molecular flexibility index (Phi) is 8.49. The summed E-state index contributed by atoms with van der Waals surface area (Å²) >= 11 is 0. The van der Waals surface area contributed by atoms with Gasteiger partial charge in [0.15, 0.2) is 0 Å². The van der Waals surface area contributed by atoms with Crippen LogP contribution in [0.3, 0.4) is 0 Å². The lowest BCUT2D eigenvalue weighted by molar-refractivity contribution is -0.126. The van der Waals surface area contributed by atoms with Crippen LogP contribution in [0.2, 0.25) is 0 Å². The van der Waals surface area contributed by atoms with Crippen molar-refractivity contribution in [2.24, 2.45) is 0 Å². The molecular weight excluding hydrogens is 226 g/mol. The van der Waals surface area contributed by atoms with Gasteiger partial charge in [0.25, 0.3) is 0 Å². The van der Waals surface area contributed by atoms with E-state index in [-0.39, 0.29) is 5.66 Å². The summed E-state index contributed by atoms with van der Waals surface area (Å²) in [5, 5.41) is 0. The van der Waals surface area contributed by atoms with Crippen molar-refractivity contribution in [1.82, 2.24) is 14.7 Å². The largest absolute Gasteiger partial charge is 0.330 e. The van der Waals surface area contributed by atoms with Gasteiger partial charge in [-0.05, 0) is 62.3 Å². The molecule has 0 heterocycles. The number of carbonyl (C=O) groups excluding carboxylic acids is 1. The molecule has 0 saturated heterocycles. The van der Waals surface area contributed by atoms with Gasteiger partial charge in [-0.15, -0.1) is 0 Å². The van der Waals surface area contributed by atoms with E-state index in [1.54, 1.807) is 11.9 Å². The average Bonchev–Trinajstić information content (AvgIpc) is 2.28. The number of nitrogens with zero attached hydrogens (tertiary/aromatic N) is 3. The van der Waals surface area contributed by atoms with Crippen LogP contribution in [-0.4, -0.2) is 67.5 Å². The molecule has 0 radical (unpaired) electrons. The molecule has 0 aliphatic carbocycles. The Morgan fingerprint density at radius 2 is 1.28 bits per heavy atom. The van der Waals surface area contributed by atoms with Crippen molar-refractivity contribution in [3.63, 3.8) is 0 Å². The van der Waals surface area contributed by atoms with E-state index in [1.807, 2.05) is 32.8 Å². The van der Waals surface area contributed by atoms with Gasteiger partial charge in [-0.1, -0.05) is 6.92 Å². The minimum absolute atomic E-state index is 0.193. The Bertz CT molecular complexity index is 235. The third-order valence-corrected chi connectivity index (χ3v) is 4.19. The minimum Gasteiger partial charge on any atom is -0.330 e. The van der Waals surface area contributed by atoms with Crippen LogP contribution in [0.5, 0.6) is 0 Å². The molecule has 0 saturated carbocycles. The van der Waals surface area contributed by atoms with Crippen LogP contribution in [0.25, 0.3) is 0 Å². The molecule has 0 aromatic heterocycles. The number of amides is 1. The molecule has 0 aliphatic rings. The predicted octanol–water partition coefficient (Wildman–Crippen LogP) is 2.11. The standard InChI is InChI=1S/C7H16N2O.C7H17N/c1-7(2,8(3)4)9(5)6-10;1-6-7(2,3)8(4)5/h6H,1-5H3;6H2,1-5H3. The molecule has 0 atom stereocenters. The monoisotopic (exact) mass is 259 g/mol. The fraction of sp³-hybridized carbons (Fsp3) is 0.929. The first-order chi connectivity index (χ1) is 7.93. The zero-order valence-corrected chi connectivity index (χ0v) is 14.0. The predicted molar refractivity (Wildman–Crippen MR) is 79.7 cm³/mol. The van der Waals surface area contributed by atoms with Crippen molar-refractivity contribution in [3.8, 4) is 0 Å². The van der Waals surface area contributed by atoms with Crippen molar-refractivity contribution in [2.75, 3.05) is 35.2 Å². The summed E-state index contributed by atoms with van der Waals surface area (Å²) in [4.78, 5) is 16.2. The fourth-order valence-electron chi connectivity index (χ4n) is 0.761. The Labute approximate surface area is 114 Å². The van der Waals surface area contributed by atoms with Crippen molar-refractivity contribution in [3.05, 3.63) is 0 Å². The summed E-state index contributed by atoms with van der Waals surface area (Å²) in [6.07, 6.45) is 2.04. The molecule has 0 aromatic carbocycles. The average molecular weight is 259 g/mol. The second kappa shape index (κ2) is 7.74. The van der Waals surface area contributed by atoms with E-state index in [0.29, 0.717) is 5.54 Å². The third-order valence-electron chi connectivity index (χ3n) is 4.19. The lowest BCUT2D eigenvalue weighted by Crippen LogP contribution is -2.51. The molecule has 0 unspecified atom stereocenters. The van der Waals surface area contributed by atoms with Crippen molar-refractivity contribution >= 4 is 6.41 Å². The number of carbonyl (C=O) groups is 1. The molecule has 0 N–H and O–H groups in total. The van der Waals surface area contributed by atoms with Crippen LogP contribution in [0.15, 0.2) is 0 Å². The third kappa shape index (κ3) is 6.36. The first-order valence-corrected chi connectivity index (χ1v) is 6.46. The summed E-state index contributed by atoms with van der Waals surface area (Å²) in [7, 11) is 9.89. The van der Waals surface area contributed by atoms with Crippen molar-refractivity contribution < 1.29 is 4.79 Å². The van der Waals surface area contributed by atoms with Crippen LogP contribution < -0.4 is 0 Å². The van der Waals surface area contributed by atoms with Gasteiger partial charge in [0.1, 0.15) is 0 Å². The van der Waals surface area contributed by atoms with Gasteiger partial charge in [0.05, 0.1) is 5.66 Å². The molecular formula is C14H33N3O. The van der Waals surface area contributed by atoms with Gasteiger partial charge >= 0.3 is 0 Å². The highest BCUT2D eigenvalue weighted by Gasteiger charge is 2.24. The fourth-order valence-corrected chi connectivity index (χ4v) is 0.761. The normalized spacial score (nSPS) is 12.2. The van der Waals surface area contributed by atoms with Gasteiger partial charge in [-0.3, -0.25) is 9.69 Å². The molecule has 0 aliphatic heterocycles. The van der Waals surface area contributed by atoms with Crippen LogP contribution >= 0.6 is 0 Å². The summed E-state index contributed by atoms with van der Waals surface area (Å²) in [6.45, 7) is 10.7. The van der Waals surface area contributed by atoms with E-state index in [4.69, 9.17) is 0 Å². The Hall–Kier alpha value is -0.610. The maximum absolute atomic E-state index is 10.4. The Morgan fingerprint density at radius 1 is 0.889 bits per heavy atom. The molecule has 18 heavy (non-hydrogen) atoms. The minimum atomic E-state index is -0.193. The van der Waals surface area contributed by atoms with Crippen LogP contribution in [0.1, 0.15) is 41.0 Å². The maximum atomic E-state index is 10.4. The van der Waals surface area contributed by atoms with Crippen molar-refractivity contribution in [1.29, 1.82) is 0 Å². The summed E-state index contributed by atoms with van der Waals surface area (Å²) in [5.74, 6) is 0. The van der Waals surface area contributed by atoms with Crippen LogP contribution in [0.4, 0.5) is 0 Å². The van der Waals surface area contributed by atoms with E-state index in [0.717, 1.165) is 6.41 Å². The molecule has 110 valence electrons. The molecule has 0 fully saturated rings. The Balaban J connectivity index is 0. The maximum Gasteiger partial charge on any atom is 0.210 e. The molecule has 4 heteroatoms. The quantitative estimate of drug-likeness (QED) is 0.559. The second-order valence-electron chi connectivity index (χ2n) is 6.17. The lowest BCUT2D eigenvalue weighted by atomic mass is 10.0. The molecule has 0 bridgehead atoms. The molecule has 1 amide bonds. The summed E-state index contributed by atoms with van der Waals surface area (Å²) in [5.41, 5.74) is 0.182. The molecule has 0 rings (SSSR count). The highest BCUT2D eigenvalue weighted by Crippen LogP contribution is 2.13. The van der Waals surface area contributed by atoms with Gasteiger partial charge in [0, 0.05) is 12.6 Å². The highest BCUT2D eigenvalue weighted by atomic mass is 16.1. The highest BCUT2D eigenvalue weighted by molar-refractivity contribution is 5.47. The van der Waals surface area contributed by atoms with Crippen molar-refractivity contribution in [2.45, 2.75) is 52.2 Å². The number of hydrogen-bond acceptors (Lipinski definition) is 3. The second-order valence-corrected chi connectivity index (χ2v) is 6.17. The van der Waals surface area contributed by atoms with E-state index >= 15 is 0 Å². The van der Waals surface area contributed by atoms with Gasteiger partial charge in [-0.25, -0.2) is 0 Å². The van der Waals surface area contributed by atoms with E-state index in [2.05, 4.69) is 39.8 Å².